The number of nitrogen functional groups attached to an aromatic ring is 1. The van der Waals surface area contributed by atoms with E-state index in [4.69, 9.17) is 5.84 Å². The lowest BCUT2D eigenvalue weighted by Crippen LogP contribution is -2.10. The summed E-state index contributed by atoms with van der Waals surface area (Å²) in [6.45, 7) is 1.83. The van der Waals surface area contributed by atoms with Gasteiger partial charge in [0.15, 0.2) is 0 Å². The van der Waals surface area contributed by atoms with Crippen molar-refractivity contribution in [3.05, 3.63) is 29.3 Å². The molecule has 0 saturated heterocycles. The molecule has 0 aromatic heterocycles. The van der Waals surface area contributed by atoms with E-state index in [1.54, 1.807) is 18.2 Å². The molecule has 0 aliphatic heterocycles. The highest BCUT2D eigenvalue weighted by atomic mass is 19.3. The summed E-state index contributed by atoms with van der Waals surface area (Å²) in [5.74, 6) is 5.13. The monoisotopic (exact) mass is 186 g/mol. The van der Waals surface area contributed by atoms with Crippen LogP contribution in [0.4, 0.5) is 14.5 Å². The topological polar surface area (TPSA) is 38.0 Å². The van der Waals surface area contributed by atoms with Gasteiger partial charge in [-0.25, -0.2) is 8.78 Å². The van der Waals surface area contributed by atoms with Crippen molar-refractivity contribution in [2.24, 2.45) is 5.84 Å². The zero-order chi connectivity index (χ0) is 9.84. The van der Waals surface area contributed by atoms with Crippen LogP contribution in [0.1, 0.15) is 24.5 Å². The second-order valence-electron chi connectivity index (χ2n) is 2.68. The molecule has 4 heteroatoms. The number of nitrogens with two attached hydrogens (primary N) is 1. The second-order valence-corrected chi connectivity index (χ2v) is 2.68. The van der Waals surface area contributed by atoms with E-state index in [1.807, 2.05) is 6.92 Å². The standard InChI is InChI=1S/C9H12F2N2/c1-2-6-4-3-5-7(13-12)8(6)9(10)11/h3-5,9,13H,2,12H2,1H3. The number of hydrogen-bond donors (Lipinski definition) is 2. The fourth-order valence-corrected chi connectivity index (χ4v) is 1.30. The molecule has 0 spiro atoms. The molecule has 0 aliphatic rings. The Kier molecular flexibility index (Phi) is 3.19. The summed E-state index contributed by atoms with van der Waals surface area (Å²) in [7, 11) is 0. The minimum atomic E-state index is -2.48. The molecule has 0 aliphatic carbocycles. The van der Waals surface area contributed by atoms with E-state index >= 15 is 0 Å². The van der Waals surface area contributed by atoms with Gasteiger partial charge in [0, 0.05) is 5.56 Å². The molecule has 0 unspecified atom stereocenters. The van der Waals surface area contributed by atoms with Crippen LogP contribution in [-0.4, -0.2) is 0 Å². The predicted octanol–water partition coefficient (Wildman–Crippen LogP) is 2.47. The SMILES string of the molecule is CCc1cccc(NN)c1C(F)F. The Morgan fingerprint density at radius 3 is 2.62 bits per heavy atom. The summed E-state index contributed by atoms with van der Waals surface area (Å²) in [5.41, 5.74) is 3.21. The number of alkyl halides is 2. The fourth-order valence-electron chi connectivity index (χ4n) is 1.30. The van der Waals surface area contributed by atoms with Crippen LogP contribution < -0.4 is 11.3 Å². The molecule has 0 amide bonds. The number of hydrogen-bond acceptors (Lipinski definition) is 2. The predicted molar refractivity (Wildman–Crippen MR) is 48.6 cm³/mol. The number of aryl methyl sites for hydroxylation is 1. The molecule has 0 radical (unpaired) electrons. The van der Waals surface area contributed by atoms with Crippen LogP contribution in [0.5, 0.6) is 0 Å². The Morgan fingerprint density at radius 2 is 2.15 bits per heavy atom. The lowest BCUT2D eigenvalue weighted by Gasteiger charge is -2.11. The van der Waals surface area contributed by atoms with Gasteiger partial charge in [-0.2, -0.15) is 0 Å². The Bertz CT molecular complexity index is 265. The molecule has 2 nitrogen and oxygen atoms in total. The smallest absolute Gasteiger partial charge is 0.266 e. The van der Waals surface area contributed by atoms with Crippen LogP contribution >= 0.6 is 0 Å². The third-order valence-corrected chi connectivity index (χ3v) is 1.95. The molecule has 72 valence electrons. The fraction of sp³-hybridized carbons (Fsp3) is 0.333. The Balaban J connectivity index is 3.21. The van der Waals surface area contributed by atoms with E-state index in [1.165, 1.54) is 0 Å². The van der Waals surface area contributed by atoms with Crippen molar-refractivity contribution in [3.8, 4) is 0 Å². The molecule has 1 rings (SSSR count). The summed E-state index contributed by atoms with van der Waals surface area (Å²) in [6.07, 6.45) is -1.91. The van der Waals surface area contributed by atoms with Crippen molar-refractivity contribution in [1.82, 2.24) is 0 Å². The molecular weight excluding hydrogens is 174 g/mol. The Hall–Kier alpha value is -1.16. The van der Waals surface area contributed by atoms with E-state index in [9.17, 15) is 8.78 Å². The number of halogens is 2. The molecule has 0 bridgehead atoms. The summed E-state index contributed by atoms with van der Waals surface area (Å²) < 4.78 is 25.1. The van der Waals surface area contributed by atoms with Gasteiger partial charge in [0.1, 0.15) is 0 Å². The van der Waals surface area contributed by atoms with Crippen molar-refractivity contribution in [2.45, 2.75) is 19.8 Å². The average Bonchev–Trinajstić information content (AvgIpc) is 2.16. The first-order valence-electron chi connectivity index (χ1n) is 4.07. The van der Waals surface area contributed by atoms with E-state index < -0.39 is 6.43 Å². The van der Waals surface area contributed by atoms with Crippen molar-refractivity contribution >= 4 is 5.69 Å². The third kappa shape index (κ3) is 1.95. The average molecular weight is 186 g/mol. The Morgan fingerprint density at radius 1 is 1.46 bits per heavy atom. The van der Waals surface area contributed by atoms with Gasteiger partial charge >= 0.3 is 0 Å². The molecule has 0 heterocycles. The van der Waals surface area contributed by atoms with E-state index in [-0.39, 0.29) is 5.56 Å². The van der Waals surface area contributed by atoms with Gasteiger partial charge in [-0.1, -0.05) is 19.1 Å². The maximum atomic E-state index is 12.6. The first-order chi connectivity index (χ1) is 6.20. The molecule has 1 aromatic rings. The number of rotatable bonds is 3. The Labute approximate surface area is 75.7 Å². The normalized spacial score (nSPS) is 10.5. The quantitative estimate of drug-likeness (QED) is 0.562. The number of anilines is 1. The maximum Gasteiger partial charge on any atom is 0.266 e. The van der Waals surface area contributed by atoms with Crippen molar-refractivity contribution in [1.29, 1.82) is 0 Å². The molecule has 0 saturated carbocycles. The minimum absolute atomic E-state index is 0.00694. The summed E-state index contributed by atoms with van der Waals surface area (Å²) in [5, 5.41) is 0. The van der Waals surface area contributed by atoms with Crippen molar-refractivity contribution < 1.29 is 8.78 Å². The first-order valence-corrected chi connectivity index (χ1v) is 4.07. The number of benzene rings is 1. The lowest BCUT2D eigenvalue weighted by molar-refractivity contribution is 0.151. The highest BCUT2D eigenvalue weighted by molar-refractivity contribution is 5.54. The van der Waals surface area contributed by atoms with Gasteiger partial charge in [0.25, 0.3) is 6.43 Å². The summed E-state index contributed by atoms with van der Waals surface area (Å²) >= 11 is 0. The van der Waals surface area contributed by atoms with Crippen LogP contribution in [-0.2, 0) is 6.42 Å². The van der Waals surface area contributed by atoms with Crippen molar-refractivity contribution in [2.75, 3.05) is 5.43 Å². The highest BCUT2D eigenvalue weighted by Gasteiger charge is 2.15. The van der Waals surface area contributed by atoms with Gasteiger partial charge in [-0.05, 0) is 18.1 Å². The zero-order valence-corrected chi connectivity index (χ0v) is 7.35. The van der Waals surface area contributed by atoms with Crippen LogP contribution in [0, 0.1) is 0 Å². The van der Waals surface area contributed by atoms with E-state index in [2.05, 4.69) is 5.43 Å². The molecular formula is C9H12F2N2. The summed E-state index contributed by atoms with van der Waals surface area (Å²) in [4.78, 5) is 0. The molecule has 0 fully saturated rings. The van der Waals surface area contributed by atoms with Gasteiger partial charge < -0.3 is 5.43 Å². The van der Waals surface area contributed by atoms with E-state index in [0.29, 0.717) is 17.7 Å². The maximum absolute atomic E-state index is 12.6. The third-order valence-electron chi connectivity index (χ3n) is 1.95. The minimum Gasteiger partial charge on any atom is -0.324 e. The van der Waals surface area contributed by atoms with Crippen LogP contribution in [0.2, 0.25) is 0 Å². The molecule has 13 heavy (non-hydrogen) atoms. The van der Waals surface area contributed by atoms with E-state index in [0.717, 1.165) is 0 Å². The van der Waals surface area contributed by atoms with Gasteiger partial charge in [0.05, 0.1) is 5.69 Å². The van der Waals surface area contributed by atoms with Crippen molar-refractivity contribution in [3.63, 3.8) is 0 Å². The van der Waals surface area contributed by atoms with Crippen LogP contribution in [0.3, 0.4) is 0 Å². The molecule has 0 atom stereocenters. The highest BCUT2D eigenvalue weighted by Crippen LogP contribution is 2.30. The lowest BCUT2D eigenvalue weighted by atomic mass is 10.0. The largest absolute Gasteiger partial charge is 0.324 e. The van der Waals surface area contributed by atoms with Gasteiger partial charge in [-0.15, -0.1) is 0 Å². The molecule has 3 N–H and O–H groups in total. The summed E-state index contributed by atoms with van der Waals surface area (Å²) in [6, 6.07) is 4.93. The van der Waals surface area contributed by atoms with Gasteiger partial charge in [0.2, 0.25) is 0 Å². The number of hydrazine groups is 1. The zero-order valence-electron chi connectivity index (χ0n) is 7.35. The second kappa shape index (κ2) is 4.18. The molecule has 1 aromatic carbocycles. The van der Waals surface area contributed by atoms with Crippen LogP contribution in [0.25, 0.3) is 0 Å². The van der Waals surface area contributed by atoms with Crippen LogP contribution in [0.15, 0.2) is 18.2 Å². The number of nitrogens with one attached hydrogen (secondary N) is 1. The first kappa shape index (κ1) is 9.92. The van der Waals surface area contributed by atoms with Gasteiger partial charge in [-0.3, -0.25) is 5.84 Å².